The van der Waals surface area contributed by atoms with Crippen LogP contribution in [0.15, 0.2) is 57.7 Å². The Kier molecular flexibility index (Phi) is 5.62. The molecule has 2 aromatic carbocycles. The Morgan fingerprint density at radius 1 is 1.06 bits per heavy atom. The monoisotopic (exact) mass is 434 g/mol. The molecule has 9 heteroatoms. The van der Waals surface area contributed by atoms with Gasteiger partial charge >= 0.3 is 18.1 Å². The highest BCUT2D eigenvalue weighted by Gasteiger charge is 2.45. The van der Waals surface area contributed by atoms with Crippen LogP contribution in [0.2, 0.25) is 0 Å². The summed E-state index contributed by atoms with van der Waals surface area (Å²) < 4.78 is 49.4. The van der Waals surface area contributed by atoms with Crippen molar-refractivity contribution in [1.82, 2.24) is 0 Å². The molecule has 1 atom stereocenters. The average molecular weight is 434 g/mol. The van der Waals surface area contributed by atoms with Gasteiger partial charge in [-0.2, -0.15) is 13.2 Å². The summed E-state index contributed by atoms with van der Waals surface area (Å²) in [5.74, 6) is -2.54. The van der Waals surface area contributed by atoms with Gasteiger partial charge in [0.2, 0.25) is 0 Å². The van der Waals surface area contributed by atoms with Crippen LogP contribution in [0.25, 0.3) is 22.3 Å². The number of carbonyl (C=O) groups is 2. The van der Waals surface area contributed by atoms with Gasteiger partial charge < -0.3 is 14.3 Å². The zero-order valence-electron chi connectivity index (χ0n) is 16.4. The SMILES string of the molecule is CCOC(=O)C(C)(C(=O)O)c1ccc2oc(-c3cccc(C(F)(F)F)c3)cc(=O)c2c1. The lowest BCUT2D eigenvalue weighted by Gasteiger charge is -2.23. The van der Waals surface area contributed by atoms with E-state index in [4.69, 9.17) is 9.15 Å². The number of benzene rings is 2. The molecule has 6 nitrogen and oxygen atoms in total. The number of carbonyl (C=O) groups excluding carboxylic acids is 1. The molecule has 0 amide bonds. The topological polar surface area (TPSA) is 93.8 Å². The zero-order valence-corrected chi connectivity index (χ0v) is 16.4. The highest BCUT2D eigenvalue weighted by Crippen LogP contribution is 2.33. The summed E-state index contributed by atoms with van der Waals surface area (Å²) in [5, 5.41) is 9.59. The molecular formula is C22H17F3O6. The first-order valence-corrected chi connectivity index (χ1v) is 9.15. The first-order chi connectivity index (χ1) is 14.5. The second kappa shape index (κ2) is 7.90. The van der Waals surface area contributed by atoms with E-state index in [0.717, 1.165) is 25.1 Å². The number of aliphatic carboxylic acids is 1. The Morgan fingerprint density at radius 3 is 2.39 bits per heavy atom. The van der Waals surface area contributed by atoms with Gasteiger partial charge in [0.1, 0.15) is 11.3 Å². The Hall–Kier alpha value is -3.62. The molecule has 3 aromatic rings. The third-order valence-electron chi connectivity index (χ3n) is 4.89. The minimum atomic E-state index is -4.56. The Balaban J connectivity index is 2.14. The van der Waals surface area contributed by atoms with E-state index in [1.165, 1.54) is 37.3 Å². The molecule has 1 heterocycles. The normalized spacial score (nSPS) is 13.6. The van der Waals surface area contributed by atoms with E-state index in [1.807, 2.05) is 0 Å². The molecule has 0 fully saturated rings. The van der Waals surface area contributed by atoms with Crippen LogP contribution in [0.3, 0.4) is 0 Å². The number of fused-ring (bicyclic) bond motifs is 1. The molecule has 0 saturated carbocycles. The van der Waals surface area contributed by atoms with Gasteiger partial charge in [-0.05, 0) is 43.7 Å². The van der Waals surface area contributed by atoms with Gasteiger partial charge in [-0.15, -0.1) is 0 Å². The lowest BCUT2D eigenvalue weighted by Crippen LogP contribution is -2.42. The van der Waals surface area contributed by atoms with Crippen LogP contribution in [0.4, 0.5) is 13.2 Å². The number of hydrogen-bond donors (Lipinski definition) is 1. The van der Waals surface area contributed by atoms with Crippen molar-refractivity contribution < 1.29 is 37.0 Å². The quantitative estimate of drug-likeness (QED) is 0.473. The van der Waals surface area contributed by atoms with Gasteiger partial charge in [-0.1, -0.05) is 18.2 Å². The summed E-state index contributed by atoms with van der Waals surface area (Å²) in [6.07, 6.45) is -4.56. The summed E-state index contributed by atoms with van der Waals surface area (Å²) in [4.78, 5) is 36.8. The van der Waals surface area contributed by atoms with Crippen LogP contribution in [0.5, 0.6) is 0 Å². The van der Waals surface area contributed by atoms with Crippen molar-refractivity contribution in [2.75, 3.05) is 6.61 Å². The molecule has 0 bridgehead atoms. The van der Waals surface area contributed by atoms with Crippen LogP contribution >= 0.6 is 0 Å². The van der Waals surface area contributed by atoms with Crippen LogP contribution in [0.1, 0.15) is 25.0 Å². The number of carboxylic acid groups (broad SMARTS) is 1. The van der Waals surface area contributed by atoms with Crippen molar-refractivity contribution in [3.63, 3.8) is 0 Å². The molecule has 0 radical (unpaired) electrons. The van der Waals surface area contributed by atoms with Gasteiger partial charge in [-0.25, -0.2) is 0 Å². The number of carboxylic acids is 1. The lowest BCUT2D eigenvalue weighted by atomic mass is 9.82. The van der Waals surface area contributed by atoms with Crippen molar-refractivity contribution >= 4 is 22.9 Å². The second-order valence-electron chi connectivity index (χ2n) is 6.92. The van der Waals surface area contributed by atoms with E-state index in [-0.39, 0.29) is 34.5 Å². The van der Waals surface area contributed by atoms with E-state index in [0.29, 0.717) is 0 Å². The number of halogens is 3. The number of hydrogen-bond acceptors (Lipinski definition) is 5. The number of esters is 1. The molecule has 1 aromatic heterocycles. The minimum absolute atomic E-state index is 0.00469. The maximum absolute atomic E-state index is 13.0. The molecule has 0 saturated heterocycles. The highest BCUT2D eigenvalue weighted by atomic mass is 19.4. The Bertz CT molecular complexity index is 1230. The molecule has 31 heavy (non-hydrogen) atoms. The molecule has 0 aliphatic rings. The summed E-state index contributed by atoms with van der Waals surface area (Å²) in [6.45, 7) is 2.66. The molecule has 0 spiro atoms. The van der Waals surface area contributed by atoms with Crippen LogP contribution in [-0.2, 0) is 25.9 Å². The fourth-order valence-corrected chi connectivity index (χ4v) is 3.06. The molecule has 1 N–H and O–H groups in total. The van der Waals surface area contributed by atoms with Crippen molar-refractivity contribution in [3.8, 4) is 11.3 Å². The third kappa shape index (κ3) is 4.03. The van der Waals surface area contributed by atoms with Crippen molar-refractivity contribution in [2.24, 2.45) is 0 Å². The molecule has 1 unspecified atom stereocenters. The molecular weight excluding hydrogens is 417 g/mol. The summed E-state index contributed by atoms with van der Waals surface area (Å²) >= 11 is 0. The summed E-state index contributed by atoms with van der Waals surface area (Å²) in [5.41, 5.74) is -3.47. The van der Waals surface area contributed by atoms with E-state index in [1.54, 1.807) is 0 Å². The van der Waals surface area contributed by atoms with Crippen LogP contribution in [-0.4, -0.2) is 23.7 Å². The van der Waals surface area contributed by atoms with E-state index >= 15 is 0 Å². The Labute approximate surface area is 173 Å². The molecule has 3 rings (SSSR count). The number of ether oxygens (including phenoxy) is 1. The van der Waals surface area contributed by atoms with E-state index < -0.39 is 34.5 Å². The van der Waals surface area contributed by atoms with Gasteiger partial charge in [0.15, 0.2) is 10.8 Å². The van der Waals surface area contributed by atoms with Gasteiger partial charge in [-0.3, -0.25) is 14.4 Å². The van der Waals surface area contributed by atoms with E-state index in [9.17, 15) is 32.7 Å². The lowest BCUT2D eigenvalue weighted by molar-refractivity contribution is -0.160. The van der Waals surface area contributed by atoms with Gasteiger partial charge in [0.05, 0.1) is 17.6 Å². The average Bonchev–Trinajstić information content (AvgIpc) is 2.72. The summed E-state index contributed by atoms with van der Waals surface area (Å²) in [7, 11) is 0. The maximum atomic E-state index is 13.0. The number of alkyl halides is 3. The predicted octanol–water partition coefficient (Wildman–Crippen LogP) is 4.38. The van der Waals surface area contributed by atoms with Crippen molar-refractivity contribution in [1.29, 1.82) is 0 Å². The maximum Gasteiger partial charge on any atom is 0.416 e. The third-order valence-corrected chi connectivity index (χ3v) is 4.89. The minimum Gasteiger partial charge on any atom is -0.480 e. The smallest absolute Gasteiger partial charge is 0.416 e. The molecule has 162 valence electrons. The second-order valence-corrected chi connectivity index (χ2v) is 6.92. The highest BCUT2D eigenvalue weighted by molar-refractivity contribution is 6.05. The predicted molar refractivity (Wildman–Crippen MR) is 105 cm³/mol. The van der Waals surface area contributed by atoms with Crippen molar-refractivity contribution in [2.45, 2.75) is 25.4 Å². The zero-order chi connectivity index (χ0) is 23.0. The van der Waals surface area contributed by atoms with Gasteiger partial charge in [0.25, 0.3) is 0 Å². The summed E-state index contributed by atoms with van der Waals surface area (Å²) in [6, 6.07) is 9.15. The van der Waals surface area contributed by atoms with Crippen LogP contribution < -0.4 is 5.43 Å². The first-order valence-electron chi connectivity index (χ1n) is 9.15. The van der Waals surface area contributed by atoms with Crippen LogP contribution in [0, 0.1) is 0 Å². The number of rotatable bonds is 5. The molecule has 0 aliphatic carbocycles. The standard InChI is InChI=1S/C22H17F3O6/c1-3-30-20(29)21(2,19(27)28)13-7-8-17-15(10-13)16(26)11-18(31-17)12-5-4-6-14(9-12)22(23,24)25/h4-11H,3H2,1-2H3,(H,27,28). The first kappa shape index (κ1) is 22.1. The van der Waals surface area contributed by atoms with Crippen molar-refractivity contribution in [3.05, 3.63) is 69.9 Å². The largest absolute Gasteiger partial charge is 0.480 e. The molecule has 0 aliphatic heterocycles. The van der Waals surface area contributed by atoms with E-state index in [2.05, 4.69) is 0 Å². The fraction of sp³-hybridized carbons (Fsp3) is 0.227. The Morgan fingerprint density at radius 2 is 1.77 bits per heavy atom. The van der Waals surface area contributed by atoms with Gasteiger partial charge in [0, 0.05) is 11.6 Å². The fourth-order valence-electron chi connectivity index (χ4n) is 3.06.